The lowest BCUT2D eigenvalue weighted by Gasteiger charge is -2.26. The van der Waals surface area contributed by atoms with E-state index in [9.17, 15) is 0 Å². The van der Waals surface area contributed by atoms with Gasteiger partial charge in [0.25, 0.3) is 6.21 Å². The summed E-state index contributed by atoms with van der Waals surface area (Å²) in [5, 5.41) is 2.25. The summed E-state index contributed by atoms with van der Waals surface area (Å²) >= 11 is 0. The molecule has 1 aliphatic rings. The largest absolute Gasteiger partial charge is 0.372 e. The van der Waals surface area contributed by atoms with Crippen molar-refractivity contribution in [1.29, 1.82) is 0 Å². The van der Waals surface area contributed by atoms with Crippen molar-refractivity contribution in [3.05, 3.63) is 52.2 Å². The monoisotopic (exact) mass is 281 g/mol. The van der Waals surface area contributed by atoms with E-state index in [0.29, 0.717) is 0 Å². The molecule has 0 fully saturated rings. The molecule has 0 aliphatic carbocycles. The van der Waals surface area contributed by atoms with Crippen LogP contribution in [-0.4, -0.2) is 24.2 Å². The Balaban J connectivity index is 2.20. The van der Waals surface area contributed by atoms with Gasteiger partial charge >= 0.3 is 5.36 Å². The van der Waals surface area contributed by atoms with Crippen molar-refractivity contribution in [2.45, 2.75) is 33.6 Å². The average molecular weight is 281 g/mol. The van der Waals surface area contributed by atoms with Crippen LogP contribution in [0.3, 0.4) is 0 Å². The molecular formula is C19H25N2+. The van der Waals surface area contributed by atoms with Crippen molar-refractivity contribution in [2.75, 3.05) is 13.1 Å². The molecule has 2 rings (SSSR count). The molecule has 2 heteroatoms. The normalized spacial score (nSPS) is 12.6. The average Bonchev–Trinajstić information content (AvgIpc) is 2.93. The number of rotatable bonds is 7. The minimum Gasteiger partial charge on any atom is -0.372 e. The van der Waals surface area contributed by atoms with Crippen molar-refractivity contribution in [3.63, 3.8) is 0 Å². The highest BCUT2D eigenvalue weighted by Gasteiger charge is 2.08. The van der Waals surface area contributed by atoms with Crippen LogP contribution in [0.15, 0.2) is 36.0 Å². The molecule has 0 bridgehead atoms. The fourth-order valence-corrected chi connectivity index (χ4v) is 2.62. The van der Waals surface area contributed by atoms with Crippen molar-refractivity contribution in [3.8, 4) is 0 Å². The first-order chi connectivity index (χ1) is 10.2. The van der Waals surface area contributed by atoms with Gasteiger partial charge in [-0.1, -0.05) is 25.1 Å². The maximum Gasteiger partial charge on any atom is 0.334 e. The topological polar surface area (TPSA) is 17.3 Å². The number of hydrogen-bond acceptors (Lipinski definition) is 1. The maximum absolute atomic E-state index is 4.30. The second kappa shape index (κ2) is 7.10. The van der Waals surface area contributed by atoms with Gasteiger partial charge in [0.05, 0.1) is 5.22 Å². The van der Waals surface area contributed by atoms with Crippen molar-refractivity contribution in [2.24, 2.45) is 0 Å². The molecule has 110 valence electrons. The van der Waals surface area contributed by atoms with Crippen LogP contribution in [0.25, 0.3) is 12.2 Å². The second-order valence-electron chi connectivity index (χ2n) is 5.52. The summed E-state index contributed by atoms with van der Waals surface area (Å²) in [5.74, 6) is 0. The molecule has 0 amide bonds. The molecule has 0 unspecified atom stereocenters. The standard InChI is InChI=1S/C19H25N2/c1-5-11-21(12-6-2)16(4)15(3)13-17-7-8-19-18(14-17)9-10-20-19/h7-10,13-14H,4-6,11-12H2,1-3H3/q+1/b15-13+. The lowest BCUT2D eigenvalue weighted by atomic mass is 10.1. The van der Waals surface area contributed by atoms with Gasteiger partial charge in [-0.15, -0.1) is 0 Å². The molecule has 1 aromatic rings. The molecule has 1 heterocycles. The van der Waals surface area contributed by atoms with E-state index in [0.717, 1.165) is 37.0 Å². The van der Waals surface area contributed by atoms with Crippen LogP contribution in [0.1, 0.15) is 39.2 Å². The lowest BCUT2D eigenvalue weighted by molar-refractivity contribution is 0.352. The van der Waals surface area contributed by atoms with Gasteiger partial charge in [-0.05, 0) is 49.1 Å². The molecule has 1 aliphatic heterocycles. The van der Waals surface area contributed by atoms with Crippen molar-refractivity contribution < 1.29 is 0 Å². The first-order valence-electron chi connectivity index (χ1n) is 7.79. The summed E-state index contributed by atoms with van der Waals surface area (Å²) < 4.78 is 4.30. The predicted molar refractivity (Wildman–Crippen MR) is 92.4 cm³/mol. The zero-order chi connectivity index (χ0) is 15.2. The van der Waals surface area contributed by atoms with Crippen LogP contribution in [-0.2, 0) is 0 Å². The zero-order valence-electron chi connectivity index (χ0n) is 13.4. The van der Waals surface area contributed by atoms with Gasteiger partial charge in [-0.2, -0.15) is 0 Å². The Morgan fingerprint density at radius 1 is 1.24 bits per heavy atom. The summed E-state index contributed by atoms with van der Waals surface area (Å²) in [6.45, 7) is 13.0. The van der Waals surface area contributed by atoms with Gasteiger partial charge in [0.1, 0.15) is 0 Å². The molecule has 0 radical (unpaired) electrons. The second-order valence-corrected chi connectivity index (χ2v) is 5.52. The number of fused-ring (bicyclic) bond motifs is 1. The van der Waals surface area contributed by atoms with E-state index in [4.69, 9.17) is 0 Å². The zero-order valence-corrected chi connectivity index (χ0v) is 13.4. The molecule has 0 aromatic heterocycles. The third-order valence-corrected chi connectivity index (χ3v) is 3.73. The summed E-state index contributed by atoms with van der Waals surface area (Å²) in [5.41, 5.74) is 3.58. The summed E-state index contributed by atoms with van der Waals surface area (Å²) in [4.78, 5) is 2.38. The maximum atomic E-state index is 4.30. The number of benzene rings is 1. The smallest absolute Gasteiger partial charge is 0.334 e. The molecular weight excluding hydrogens is 256 g/mol. The molecule has 2 nitrogen and oxygen atoms in total. The molecule has 0 spiro atoms. The molecule has 0 saturated carbocycles. The molecule has 1 aromatic carbocycles. The van der Waals surface area contributed by atoms with E-state index < -0.39 is 0 Å². The highest BCUT2D eigenvalue weighted by atomic mass is 15.1. The van der Waals surface area contributed by atoms with Crippen LogP contribution in [0.2, 0.25) is 0 Å². The fourth-order valence-electron chi connectivity index (χ4n) is 2.62. The number of allylic oxidation sites excluding steroid dienone is 1. The predicted octanol–water partition coefficient (Wildman–Crippen LogP) is 2.28. The lowest BCUT2D eigenvalue weighted by Crippen LogP contribution is -2.25. The third kappa shape index (κ3) is 3.74. The molecule has 0 atom stereocenters. The van der Waals surface area contributed by atoms with E-state index in [-0.39, 0.29) is 0 Å². The Bertz CT molecular complexity index is 698. The minimum absolute atomic E-state index is 1.06. The number of hydrogen-bond donors (Lipinski definition) is 0. The first kappa shape index (κ1) is 15.3. The van der Waals surface area contributed by atoms with Gasteiger partial charge in [0, 0.05) is 30.9 Å². The van der Waals surface area contributed by atoms with E-state index in [1.165, 1.54) is 16.4 Å². The van der Waals surface area contributed by atoms with Gasteiger partial charge in [-0.25, -0.2) is 0 Å². The Hall–Kier alpha value is -2.05. The van der Waals surface area contributed by atoms with Crippen LogP contribution in [0.4, 0.5) is 0 Å². The van der Waals surface area contributed by atoms with E-state index >= 15 is 0 Å². The van der Waals surface area contributed by atoms with Gasteiger partial charge in [0.2, 0.25) is 0 Å². The SMILES string of the molecule is C=C(/C(C)=C/c1ccc2c(c1)=CC=[N+]=2)N(CCC)CCC. The Morgan fingerprint density at radius 3 is 2.62 bits per heavy atom. The Morgan fingerprint density at radius 2 is 1.95 bits per heavy atom. The van der Waals surface area contributed by atoms with Gasteiger partial charge in [0.15, 0.2) is 0 Å². The van der Waals surface area contributed by atoms with E-state index in [1.807, 2.05) is 6.21 Å². The molecule has 21 heavy (non-hydrogen) atoms. The summed E-state index contributed by atoms with van der Waals surface area (Å²) in [7, 11) is 0. The van der Waals surface area contributed by atoms with Crippen LogP contribution < -0.4 is 15.2 Å². The van der Waals surface area contributed by atoms with Gasteiger partial charge < -0.3 is 4.90 Å². The van der Waals surface area contributed by atoms with Gasteiger partial charge in [-0.3, -0.25) is 0 Å². The number of nitrogens with zero attached hydrogens (tertiary/aromatic N) is 2. The van der Waals surface area contributed by atoms with Crippen LogP contribution in [0, 0.1) is 0 Å². The fraction of sp³-hybridized carbons (Fsp3) is 0.368. The first-order valence-corrected chi connectivity index (χ1v) is 7.79. The third-order valence-electron chi connectivity index (χ3n) is 3.73. The van der Waals surface area contributed by atoms with Crippen molar-refractivity contribution >= 4 is 18.4 Å². The summed E-state index contributed by atoms with van der Waals surface area (Å²) in [6, 6.07) is 6.38. The highest BCUT2D eigenvalue weighted by molar-refractivity contribution is 5.91. The van der Waals surface area contributed by atoms with Crippen LogP contribution in [0.5, 0.6) is 0 Å². The minimum atomic E-state index is 1.06. The van der Waals surface area contributed by atoms with E-state index in [1.54, 1.807) is 0 Å². The quantitative estimate of drug-likeness (QED) is 0.554. The Kier molecular flexibility index (Phi) is 5.19. The Labute approximate surface area is 127 Å². The molecule has 0 saturated heterocycles. The van der Waals surface area contributed by atoms with E-state index in [2.05, 4.69) is 67.3 Å². The van der Waals surface area contributed by atoms with Crippen molar-refractivity contribution in [1.82, 2.24) is 9.57 Å². The van der Waals surface area contributed by atoms with Crippen LogP contribution >= 0.6 is 0 Å². The molecule has 0 N–H and O–H groups in total. The summed E-state index contributed by atoms with van der Waals surface area (Å²) in [6.07, 6.45) is 8.42. The highest BCUT2D eigenvalue weighted by Crippen LogP contribution is 2.16.